The van der Waals surface area contributed by atoms with Gasteiger partial charge in [-0.05, 0) is 19.4 Å². The van der Waals surface area contributed by atoms with Crippen LogP contribution in [-0.2, 0) is 0 Å². The van der Waals surface area contributed by atoms with Gasteiger partial charge in [-0.2, -0.15) is 0 Å². The topological polar surface area (TPSA) is 52.4 Å². The number of methoxy groups -OCH3 is 1. The molecule has 0 spiro atoms. The molecule has 0 aliphatic rings. The fourth-order valence-corrected chi connectivity index (χ4v) is 1.74. The van der Waals surface area contributed by atoms with Crippen molar-refractivity contribution >= 4 is 21.6 Å². The van der Waals surface area contributed by atoms with Gasteiger partial charge in [0.05, 0.1) is 12.0 Å². The summed E-state index contributed by atoms with van der Waals surface area (Å²) in [6, 6.07) is 1.46. The number of rotatable bonds is 2. The molecule has 0 aliphatic carbocycles. The van der Waals surface area contributed by atoms with Gasteiger partial charge in [-0.3, -0.25) is 10.1 Å². The van der Waals surface area contributed by atoms with Crippen molar-refractivity contribution in [3.63, 3.8) is 0 Å². The van der Waals surface area contributed by atoms with Crippen LogP contribution in [0.25, 0.3) is 0 Å². The third-order valence-corrected chi connectivity index (χ3v) is 2.98. The second-order valence-electron chi connectivity index (χ2n) is 2.92. The fraction of sp³-hybridized carbons (Fsp3) is 0.333. The van der Waals surface area contributed by atoms with Crippen LogP contribution >= 0.6 is 15.9 Å². The Kier molecular flexibility index (Phi) is 3.10. The molecule has 4 nitrogen and oxygen atoms in total. The number of ether oxygens (including phenoxy) is 1. The van der Waals surface area contributed by atoms with Gasteiger partial charge in [0.2, 0.25) is 0 Å². The highest BCUT2D eigenvalue weighted by Crippen LogP contribution is 2.36. The van der Waals surface area contributed by atoms with Crippen LogP contribution in [0.4, 0.5) is 5.69 Å². The smallest absolute Gasteiger partial charge is 0.312 e. The monoisotopic (exact) mass is 259 g/mol. The first-order valence-electron chi connectivity index (χ1n) is 3.97. The first-order valence-corrected chi connectivity index (χ1v) is 4.76. The molecule has 0 saturated heterocycles. The summed E-state index contributed by atoms with van der Waals surface area (Å²) in [4.78, 5) is 10.3. The molecule has 1 aromatic carbocycles. The third-order valence-electron chi connectivity index (χ3n) is 2.16. The Morgan fingerprint density at radius 2 is 2.00 bits per heavy atom. The molecule has 0 aliphatic heterocycles. The van der Waals surface area contributed by atoms with Crippen LogP contribution in [0.2, 0.25) is 0 Å². The lowest BCUT2D eigenvalue weighted by molar-refractivity contribution is -0.385. The van der Waals surface area contributed by atoms with Crippen molar-refractivity contribution < 1.29 is 9.66 Å². The number of hydrogen-bond acceptors (Lipinski definition) is 3. The molecule has 0 fully saturated rings. The maximum Gasteiger partial charge on any atom is 0.312 e. The zero-order valence-electron chi connectivity index (χ0n) is 8.13. The van der Waals surface area contributed by atoms with Gasteiger partial charge in [0.25, 0.3) is 0 Å². The Labute approximate surface area is 90.2 Å². The Balaban J connectivity index is 3.51. The quantitative estimate of drug-likeness (QED) is 0.606. The van der Waals surface area contributed by atoms with Gasteiger partial charge in [-0.15, -0.1) is 0 Å². The molecule has 14 heavy (non-hydrogen) atoms. The molecule has 5 heteroatoms. The molecule has 0 heterocycles. The van der Waals surface area contributed by atoms with Gasteiger partial charge in [0, 0.05) is 16.1 Å². The molecule has 0 aromatic heterocycles. The third kappa shape index (κ3) is 1.72. The van der Waals surface area contributed by atoms with Crippen molar-refractivity contribution in [2.75, 3.05) is 7.11 Å². The molecule has 1 aromatic rings. The lowest BCUT2D eigenvalue weighted by Crippen LogP contribution is -1.98. The van der Waals surface area contributed by atoms with E-state index in [9.17, 15) is 10.1 Å². The second kappa shape index (κ2) is 3.96. The summed E-state index contributed by atoms with van der Waals surface area (Å²) in [5, 5.41) is 10.7. The minimum atomic E-state index is -0.448. The van der Waals surface area contributed by atoms with E-state index in [1.807, 2.05) is 6.92 Å². The van der Waals surface area contributed by atoms with Gasteiger partial charge in [-0.1, -0.05) is 15.9 Å². The van der Waals surface area contributed by atoms with Gasteiger partial charge in [-0.25, -0.2) is 0 Å². The number of halogens is 1. The second-order valence-corrected chi connectivity index (χ2v) is 3.77. The van der Waals surface area contributed by atoms with Gasteiger partial charge >= 0.3 is 5.69 Å². The average molecular weight is 260 g/mol. The summed E-state index contributed by atoms with van der Waals surface area (Å²) >= 11 is 3.27. The van der Waals surface area contributed by atoms with Crippen LogP contribution in [0, 0.1) is 24.0 Å². The number of benzene rings is 1. The molecule has 0 radical (unpaired) electrons. The first-order chi connectivity index (χ1) is 6.49. The summed E-state index contributed by atoms with van der Waals surface area (Å²) in [5.74, 6) is 0.329. The van der Waals surface area contributed by atoms with Gasteiger partial charge in [0.1, 0.15) is 0 Å². The van der Waals surface area contributed by atoms with E-state index >= 15 is 0 Å². The van der Waals surface area contributed by atoms with Crippen LogP contribution in [-0.4, -0.2) is 12.0 Å². The minimum absolute atomic E-state index is 0.0116. The van der Waals surface area contributed by atoms with Crippen molar-refractivity contribution in [3.8, 4) is 5.75 Å². The zero-order valence-corrected chi connectivity index (χ0v) is 9.71. The summed E-state index contributed by atoms with van der Waals surface area (Å²) < 4.78 is 5.74. The van der Waals surface area contributed by atoms with E-state index in [0.717, 1.165) is 15.6 Å². The number of nitro groups is 1. The van der Waals surface area contributed by atoms with E-state index in [1.165, 1.54) is 13.2 Å². The molecule has 0 amide bonds. The Bertz CT molecular complexity index is 390. The summed E-state index contributed by atoms with van der Waals surface area (Å²) in [5.41, 5.74) is 1.73. The van der Waals surface area contributed by atoms with Crippen LogP contribution in [0.1, 0.15) is 11.1 Å². The van der Waals surface area contributed by atoms with Crippen molar-refractivity contribution in [1.29, 1.82) is 0 Å². The predicted molar refractivity (Wildman–Crippen MR) is 56.8 cm³/mol. The summed E-state index contributed by atoms with van der Waals surface area (Å²) in [6.45, 7) is 3.68. The highest BCUT2D eigenvalue weighted by atomic mass is 79.9. The highest BCUT2D eigenvalue weighted by molar-refractivity contribution is 9.10. The molecular formula is C9H10BrNO3. The van der Waals surface area contributed by atoms with Crippen molar-refractivity contribution in [2.24, 2.45) is 0 Å². The van der Waals surface area contributed by atoms with Crippen LogP contribution in [0.15, 0.2) is 10.5 Å². The largest absolute Gasteiger partial charge is 0.490 e. The normalized spacial score (nSPS) is 10.0. The van der Waals surface area contributed by atoms with E-state index in [0.29, 0.717) is 5.75 Å². The number of nitro benzene ring substituents is 1. The molecule has 0 saturated carbocycles. The van der Waals surface area contributed by atoms with E-state index in [4.69, 9.17) is 4.74 Å². The lowest BCUT2D eigenvalue weighted by Gasteiger charge is -2.09. The van der Waals surface area contributed by atoms with E-state index in [-0.39, 0.29) is 5.69 Å². The SMILES string of the molecule is COc1c([N+](=O)[O-])cc(Br)c(C)c1C. The number of hydrogen-bond donors (Lipinski definition) is 0. The average Bonchev–Trinajstić information content (AvgIpc) is 2.13. The summed E-state index contributed by atoms with van der Waals surface area (Å²) in [7, 11) is 1.43. The molecule has 76 valence electrons. The molecule has 0 unspecified atom stereocenters. The molecular weight excluding hydrogens is 250 g/mol. The lowest BCUT2D eigenvalue weighted by atomic mass is 10.1. The maximum atomic E-state index is 10.7. The fourth-order valence-electron chi connectivity index (χ4n) is 1.23. The zero-order chi connectivity index (χ0) is 10.9. The van der Waals surface area contributed by atoms with Crippen LogP contribution in [0.3, 0.4) is 0 Å². The number of nitrogens with zero attached hydrogens (tertiary/aromatic N) is 1. The van der Waals surface area contributed by atoms with Crippen molar-refractivity contribution in [2.45, 2.75) is 13.8 Å². The van der Waals surface area contributed by atoms with Gasteiger partial charge < -0.3 is 4.74 Å². The van der Waals surface area contributed by atoms with Crippen molar-refractivity contribution in [3.05, 3.63) is 31.8 Å². The molecule has 1 rings (SSSR count). The molecule has 0 atom stereocenters. The first kappa shape index (κ1) is 11.0. The summed E-state index contributed by atoms with van der Waals surface area (Å²) in [6.07, 6.45) is 0. The minimum Gasteiger partial charge on any atom is -0.490 e. The molecule has 0 bridgehead atoms. The molecule has 0 N–H and O–H groups in total. The standard InChI is InChI=1S/C9H10BrNO3/c1-5-6(2)9(14-3)8(11(12)13)4-7(5)10/h4H,1-3H3. The highest BCUT2D eigenvalue weighted by Gasteiger charge is 2.20. The van der Waals surface area contributed by atoms with Crippen LogP contribution < -0.4 is 4.74 Å². The Morgan fingerprint density at radius 3 is 2.43 bits per heavy atom. The van der Waals surface area contributed by atoms with Crippen molar-refractivity contribution in [1.82, 2.24) is 0 Å². The Hall–Kier alpha value is -1.10. The van der Waals surface area contributed by atoms with Gasteiger partial charge in [0.15, 0.2) is 5.75 Å². The Morgan fingerprint density at radius 1 is 1.43 bits per heavy atom. The van der Waals surface area contributed by atoms with E-state index in [2.05, 4.69) is 15.9 Å². The van der Waals surface area contributed by atoms with Crippen LogP contribution in [0.5, 0.6) is 5.75 Å². The van der Waals surface area contributed by atoms with E-state index in [1.54, 1.807) is 6.92 Å². The van der Waals surface area contributed by atoms with E-state index < -0.39 is 4.92 Å². The maximum absolute atomic E-state index is 10.7. The predicted octanol–water partition coefficient (Wildman–Crippen LogP) is 2.98.